The molecule has 0 aliphatic carbocycles. The van der Waals surface area contributed by atoms with E-state index in [0.717, 1.165) is 24.4 Å². The van der Waals surface area contributed by atoms with E-state index in [4.69, 9.17) is 0 Å². The van der Waals surface area contributed by atoms with Gasteiger partial charge in [-0.3, -0.25) is 0 Å². The van der Waals surface area contributed by atoms with Gasteiger partial charge < -0.3 is 9.80 Å². The van der Waals surface area contributed by atoms with Crippen molar-refractivity contribution in [3.8, 4) is 0 Å². The van der Waals surface area contributed by atoms with E-state index >= 15 is 0 Å². The summed E-state index contributed by atoms with van der Waals surface area (Å²) in [6, 6.07) is 3.40. The van der Waals surface area contributed by atoms with Crippen LogP contribution in [0.2, 0.25) is 0 Å². The number of halogens is 2. The lowest BCUT2D eigenvalue weighted by molar-refractivity contribution is 0.586. The Balaban J connectivity index is 1.54. The predicted octanol–water partition coefficient (Wildman–Crippen LogP) is 2.35. The van der Waals surface area contributed by atoms with Crippen LogP contribution in [0.4, 0.5) is 16.0 Å². The number of hydrogen-bond donors (Lipinski definition) is 0. The van der Waals surface area contributed by atoms with Crippen molar-refractivity contribution in [1.82, 2.24) is 19.6 Å². The van der Waals surface area contributed by atoms with Gasteiger partial charge in [-0.15, -0.1) is 0 Å². The van der Waals surface area contributed by atoms with Crippen LogP contribution in [0.15, 0.2) is 41.4 Å². The molecule has 1 aliphatic heterocycles. The highest BCUT2D eigenvalue weighted by molar-refractivity contribution is 9.10. The minimum Gasteiger partial charge on any atom is -0.351 e. The number of pyridine rings is 1. The summed E-state index contributed by atoms with van der Waals surface area (Å²) in [6.07, 6.45) is 6.96. The maximum atomic E-state index is 14.0. The average Bonchev–Trinajstić information content (AvgIpc) is 3.04. The Hall–Kier alpha value is -2.22. The SMILES string of the molecule is Fc1cc(Br)cnc1N1CCN(c2nccn3nccc23)CC1. The molecule has 0 spiro atoms. The van der Waals surface area contributed by atoms with Crippen LogP contribution in [0, 0.1) is 5.82 Å². The maximum Gasteiger partial charge on any atom is 0.166 e. The summed E-state index contributed by atoms with van der Waals surface area (Å²) in [5, 5.41) is 4.23. The number of piperazine rings is 1. The Morgan fingerprint density at radius 2 is 1.74 bits per heavy atom. The first-order valence-electron chi connectivity index (χ1n) is 7.32. The van der Waals surface area contributed by atoms with E-state index in [-0.39, 0.29) is 5.82 Å². The maximum absolute atomic E-state index is 14.0. The van der Waals surface area contributed by atoms with E-state index in [9.17, 15) is 4.39 Å². The van der Waals surface area contributed by atoms with Crippen LogP contribution in [0.1, 0.15) is 0 Å². The van der Waals surface area contributed by atoms with E-state index in [1.165, 1.54) is 6.07 Å². The Morgan fingerprint density at radius 1 is 1.00 bits per heavy atom. The average molecular weight is 377 g/mol. The van der Waals surface area contributed by atoms with Gasteiger partial charge in [-0.1, -0.05) is 0 Å². The molecule has 23 heavy (non-hydrogen) atoms. The number of rotatable bonds is 2. The molecular formula is C15H14BrFN6. The first-order chi connectivity index (χ1) is 11.2. The van der Waals surface area contributed by atoms with Crippen molar-refractivity contribution in [2.24, 2.45) is 0 Å². The van der Waals surface area contributed by atoms with Crippen LogP contribution >= 0.6 is 15.9 Å². The third kappa shape index (κ3) is 2.63. The van der Waals surface area contributed by atoms with Crippen molar-refractivity contribution < 1.29 is 4.39 Å². The van der Waals surface area contributed by atoms with Gasteiger partial charge in [0.2, 0.25) is 0 Å². The van der Waals surface area contributed by atoms with Crippen molar-refractivity contribution in [3.63, 3.8) is 0 Å². The molecule has 3 aromatic rings. The molecule has 4 rings (SSSR count). The summed E-state index contributed by atoms with van der Waals surface area (Å²) in [4.78, 5) is 12.8. The summed E-state index contributed by atoms with van der Waals surface area (Å²) in [6.45, 7) is 2.91. The molecule has 118 valence electrons. The molecule has 1 fully saturated rings. The summed E-state index contributed by atoms with van der Waals surface area (Å²) >= 11 is 3.23. The molecule has 1 saturated heterocycles. The van der Waals surface area contributed by atoms with Crippen LogP contribution in [0.25, 0.3) is 5.52 Å². The highest BCUT2D eigenvalue weighted by atomic mass is 79.9. The summed E-state index contributed by atoms with van der Waals surface area (Å²) in [5.41, 5.74) is 0.980. The number of anilines is 2. The fraction of sp³-hybridized carbons (Fsp3) is 0.267. The number of hydrogen-bond acceptors (Lipinski definition) is 5. The highest BCUT2D eigenvalue weighted by Gasteiger charge is 2.22. The molecular weight excluding hydrogens is 363 g/mol. The van der Waals surface area contributed by atoms with Crippen molar-refractivity contribution >= 4 is 33.1 Å². The summed E-state index contributed by atoms with van der Waals surface area (Å²) in [5.74, 6) is 1.01. The molecule has 8 heteroatoms. The van der Waals surface area contributed by atoms with Gasteiger partial charge in [-0.25, -0.2) is 18.9 Å². The molecule has 4 heterocycles. The summed E-state index contributed by atoms with van der Waals surface area (Å²) in [7, 11) is 0. The molecule has 0 bridgehead atoms. The quantitative estimate of drug-likeness (QED) is 0.686. The molecule has 1 aliphatic rings. The molecule has 3 aromatic heterocycles. The molecule has 0 aromatic carbocycles. The standard InChI is InChI=1S/C15H14BrFN6/c16-11-9-12(17)14(19-10-11)21-5-7-22(8-6-21)15-13-1-2-20-23(13)4-3-18-15/h1-4,9-10H,5-8H2. The number of aromatic nitrogens is 4. The first-order valence-corrected chi connectivity index (χ1v) is 8.11. The van der Waals surface area contributed by atoms with Crippen molar-refractivity contribution in [2.75, 3.05) is 36.0 Å². The van der Waals surface area contributed by atoms with Crippen LogP contribution in [0.5, 0.6) is 0 Å². The lowest BCUT2D eigenvalue weighted by Gasteiger charge is -2.36. The van der Waals surface area contributed by atoms with Gasteiger partial charge in [0.25, 0.3) is 0 Å². The predicted molar refractivity (Wildman–Crippen MR) is 89.3 cm³/mol. The minimum atomic E-state index is -0.302. The monoisotopic (exact) mass is 376 g/mol. The smallest absolute Gasteiger partial charge is 0.166 e. The highest BCUT2D eigenvalue weighted by Crippen LogP contribution is 2.24. The van der Waals surface area contributed by atoms with E-state index in [0.29, 0.717) is 23.4 Å². The molecule has 0 radical (unpaired) electrons. The van der Waals surface area contributed by atoms with Gasteiger partial charge in [0.05, 0.1) is 6.20 Å². The lowest BCUT2D eigenvalue weighted by atomic mass is 10.3. The topological polar surface area (TPSA) is 49.6 Å². The zero-order valence-electron chi connectivity index (χ0n) is 12.2. The van der Waals surface area contributed by atoms with Crippen LogP contribution < -0.4 is 9.80 Å². The molecule has 6 nitrogen and oxygen atoms in total. The fourth-order valence-corrected chi connectivity index (χ4v) is 3.16. The van der Waals surface area contributed by atoms with Crippen molar-refractivity contribution in [3.05, 3.63) is 47.2 Å². The second kappa shape index (κ2) is 5.77. The van der Waals surface area contributed by atoms with Gasteiger partial charge in [0.1, 0.15) is 5.52 Å². The Bertz CT molecular complexity index is 843. The Labute approximate surface area is 140 Å². The van der Waals surface area contributed by atoms with Crippen LogP contribution in [-0.2, 0) is 0 Å². The second-order valence-corrected chi connectivity index (χ2v) is 6.26. The van der Waals surface area contributed by atoms with Gasteiger partial charge in [-0.2, -0.15) is 5.10 Å². The van der Waals surface area contributed by atoms with E-state index in [1.807, 2.05) is 21.7 Å². The first kappa shape index (κ1) is 14.4. The van der Waals surface area contributed by atoms with E-state index in [1.54, 1.807) is 18.6 Å². The van der Waals surface area contributed by atoms with Crippen molar-refractivity contribution in [2.45, 2.75) is 0 Å². The zero-order valence-corrected chi connectivity index (χ0v) is 13.8. The Kier molecular flexibility index (Phi) is 3.60. The third-order valence-electron chi connectivity index (χ3n) is 3.97. The Morgan fingerprint density at radius 3 is 2.48 bits per heavy atom. The van der Waals surface area contributed by atoms with Crippen LogP contribution in [-0.4, -0.2) is 45.8 Å². The summed E-state index contributed by atoms with van der Waals surface area (Å²) < 4.78 is 16.5. The zero-order chi connectivity index (χ0) is 15.8. The second-order valence-electron chi connectivity index (χ2n) is 5.34. The fourth-order valence-electron chi connectivity index (χ4n) is 2.86. The number of nitrogens with zero attached hydrogens (tertiary/aromatic N) is 6. The lowest BCUT2D eigenvalue weighted by Crippen LogP contribution is -2.47. The normalized spacial score (nSPS) is 15.4. The minimum absolute atomic E-state index is 0.302. The third-order valence-corrected chi connectivity index (χ3v) is 4.40. The molecule has 0 unspecified atom stereocenters. The number of fused-ring (bicyclic) bond motifs is 1. The van der Waals surface area contributed by atoms with E-state index in [2.05, 4.69) is 35.9 Å². The van der Waals surface area contributed by atoms with Gasteiger partial charge in [-0.05, 0) is 28.1 Å². The molecule has 0 amide bonds. The van der Waals surface area contributed by atoms with E-state index < -0.39 is 0 Å². The molecule has 0 N–H and O–H groups in total. The largest absolute Gasteiger partial charge is 0.351 e. The van der Waals surface area contributed by atoms with Gasteiger partial charge in [0, 0.05) is 49.2 Å². The molecule has 0 saturated carbocycles. The van der Waals surface area contributed by atoms with Gasteiger partial charge in [0.15, 0.2) is 17.5 Å². The van der Waals surface area contributed by atoms with Crippen LogP contribution in [0.3, 0.4) is 0 Å². The van der Waals surface area contributed by atoms with Crippen molar-refractivity contribution in [1.29, 1.82) is 0 Å². The molecule has 0 atom stereocenters. The van der Waals surface area contributed by atoms with Gasteiger partial charge >= 0.3 is 0 Å².